The Balaban J connectivity index is 1.46. The van der Waals surface area contributed by atoms with Gasteiger partial charge < -0.3 is 14.8 Å². The van der Waals surface area contributed by atoms with Gasteiger partial charge in [-0.05, 0) is 18.4 Å². The number of benzene rings is 1. The normalized spacial score (nSPS) is 18.4. The van der Waals surface area contributed by atoms with Crippen LogP contribution in [0.25, 0.3) is 0 Å². The fraction of sp³-hybridized carbons (Fsp3) is 0.435. The monoisotopic (exact) mass is 517 g/mol. The van der Waals surface area contributed by atoms with Gasteiger partial charge in [0, 0.05) is 24.1 Å². The first kappa shape index (κ1) is 25.0. The summed E-state index contributed by atoms with van der Waals surface area (Å²) in [6.07, 6.45) is 3.99. The number of hydrogen-bond acceptors (Lipinski definition) is 9. The Bertz CT molecular complexity index is 1190. The number of non-ortho nitro benzene ring substituents is 1. The zero-order chi connectivity index (χ0) is 25.2. The zero-order valence-electron chi connectivity index (χ0n) is 19.6. The van der Waals surface area contributed by atoms with Gasteiger partial charge >= 0.3 is 6.09 Å². The molecule has 0 spiro atoms. The molecular weight excluding hydrogens is 490 g/mol. The molecule has 0 saturated carbocycles. The third-order valence-electron chi connectivity index (χ3n) is 5.75. The van der Waals surface area contributed by atoms with Crippen molar-refractivity contribution in [2.24, 2.45) is 0 Å². The second-order valence-corrected chi connectivity index (χ2v) is 11.6. The van der Waals surface area contributed by atoms with Gasteiger partial charge in [-0.25, -0.2) is 14.8 Å². The van der Waals surface area contributed by atoms with Crippen molar-refractivity contribution in [3.63, 3.8) is 0 Å². The van der Waals surface area contributed by atoms with E-state index in [4.69, 9.17) is 4.42 Å². The summed E-state index contributed by atoms with van der Waals surface area (Å²) >= 11 is 3.07. The minimum Gasteiger partial charge on any atom is -0.465 e. The van der Waals surface area contributed by atoms with Crippen LogP contribution in [0.3, 0.4) is 0 Å². The number of hydrogen-bond donors (Lipinski definition) is 2. The number of thiazole rings is 1. The van der Waals surface area contributed by atoms with Crippen molar-refractivity contribution < 1.29 is 19.2 Å². The van der Waals surface area contributed by atoms with E-state index in [0.717, 1.165) is 16.4 Å². The second kappa shape index (κ2) is 10.2. The Morgan fingerprint density at radius 1 is 1.31 bits per heavy atom. The number of oxazole rings is 1. The van der Waals surface area contributed by atoms with Gasteiger partial charge in [0.05, 0.1) is 39.4 Å². The van der Waals surface area contributed by atoms with Crippen molar-refractivity contribution in [3.8, 4) is 0 Å². The molecule has 1 aliphatic heterocycles. The molecule has 12 heteroatoms. The molecule has 10 nitrogen and oxygen atoms in total. The third kappa shape index (κ3) is 5.93. The van der Waals surface area contributed by atoms with Crippen molar-refractivity contribution in [2.75, 3.05) is 11.9 Å². The van der Waals surface area contributed by atoms with Gasteiger partial charge in [0.15, 0.2) is 5.13 Å². The van der Waals surface area contributed by atoms with E-state index in [1.54, 1.807) is 36.3 Å². The summed E-state index contributed by atoms with van der Waals surface area (Å²) in [4.78, 5) is 32.8. The third-order valence-corrected chi connectivity index (χ3v) is 7.85. The predicted octanol–water partition coefficient (Wildman–Crippen LogP) is 5.92. The molecule has 1 aliphatic rings. The second-order valence-electron chi connectivity index (χ2n) is 9.30. The standard InChI is InChI=1S/C23H27N5O5S2/c1-23(2,3)17-11-24-18(33-17)13-34-19-12-25-21(35-19)26-16-5-4-10-27(22(29)30)20(16)14-6-8-15(9-7-14)28(31)32/h6-9,11-12,16,20H,4-5,10,13H2,1-3H3,(H,25,26)(H,29,30). The smallest absolute Gasteiger partial charge is 0.407 e. The van der Waals surface area contributed by atoms with E-state index >= 15 is 0 Å². The molecule has 186 valence electrons. The van der Waals surface area contributed by atoms with Crippen LogP contribution in [-0.2, 0) is 11.2 Å². The summed E-state index contributed by atoms with van der Waals surface area (Å²) in [6, 6.07) is 5.38. The van der Waals surface area contributed by atoms with Crippen LogP contribution in [0.1, 0.15) is 56.9 Å². The number of aromatic nitrogens is 2. The molecule has 3 heterocycles. The fourth-order valence-corrected chi connectivity index (χ4v) is 5.76. The molecule has 1 aromatic carbocycles. The van der Waals surface area contributed by atoms with Gasteiger partial charge in [0.2, 0.25) is 5.89 Å². The van der Waals surface area contributed by atoms with E-state index in [-0.39, 0.29) is 17.1 Å². The van der Waals surface area contributed by atoms with Crippen molar-refractivity contribution >= 4 is 40.0 Å². The minimum atomic E-state index is -1.02. The average Bonchev–Trinajstić information content (AvgIpc) is 3.47. The molecule has 1 fully saturated rings. The summed E-state index contributed by atoms with van der Waals surface area (Å²) < 4.78 is 6.84. The van der Waals surface area contributed by atoms with Gasteiger partial charge in [-0.15, -0.1) is 11.8 Å². The SMILES string of the molecule is CC(C)(C)c1cnc(CSc2cnc(NC3CCCN(C(=O)O)C3c3ccc([N+](=O)[O-])cc3)s2)o1. The summed E-state index contributed by atoms with van der Waals surface area (Å²) in [5, 5.41) is 24.9. The topological polar surface area (TPSA) is 135 Å². The van der Waals surface area contributed by atoms with Gasteiger partial charge in [0.1, 0.15) is 5.76 Å². The Labute approximate surface area is 210 Å². The largest absolute Gasteiger partial charge is 0.465 e. The Morgan fingerprint density at radius 3 is 2.69 bits per heavy atom. The molecule has 0 radical (unpaired) electrons. The molecule has 35 heavy (non-hydrogen) atoms. The average molecular weight is 518 g/mol. The van der Waals surface area contributed by atoms with Crippen molar-refractivity contribution in [1.29, 1.82) is 0 Å². The first-order valence-electron chi connectivity index (χ1n) is 11.2. The number of nitro groups is 1. The highest BCUT2D eigenvalue weighted by Crippen LogP contribution is 2.37. The number of nitro benzene ring substituents is 1. The van der Waals surface area contributed by atoms with Crippen LogP contribution in [0.5, 0.6) is 0 Å². The van der Waals surface area contributed by atoms with Crippen LogP contribution in [0.2, 0.25) is 0 Å². The summed E-state index contributed by atoms with van der Waals surface area (Å²) in [6.45, 7) is 6.63. The number of likely N-dealkylation sites (tertiary alicyclic amines) is 1. The van der Waals surface area contributed by atoms with Crippen molar-refractivity contribution in [2.45, 2.75) is 61.1 Å². The minimum absolute atomic E-state index is 0.0294. The van der Waals surface area contributed by atoms with Crippen LogP contribution in [0.15, 0.2) is 45.3 Å². The Kier molecular flexibility index (Phi) is 7.31. The predicted molar refractivity (Wildman–Crippen MR) is 134 cm³/mol. The molecule has 3 aromatic rings. The van der Waals surface area contributed by atoms with E-state index in [0.29, 0.717) is 35.3 Å². The van der Waals surface area contributed by atoms with Crippen LogP contribution < -0.4 is 5.32 Å². The van der Waals surface area contributed by atoms with E-state index < -0.39 is 17.1 Å². The molecule has 1 amide bonds. The van der Waals surface area contributed by atoms with Crippen molar-refractivity contribution in [3.05, 3.63) is 64.0 Å². The number of carboxylic acid groups (broad SMARTS) is 1. The number of rotatable bonds is 7. The van der Waals surface area contributed by atoms with Gasteiger partial charge in [0.25, 0.3) is 5.69 Å². The lowest BCUT2D eigenvalue weighted by Gasteiger charge is -2.40. The number of nitrogens with one attached hydrogen (secondary N) is 1. The number of amides is 1. The summed E-state index contributed by atoms with van der Waals surface area (Å²) in [7, 11) is 0. The van der Waals surface area contributed by atoms with Crippen LogP contribution >= 0.6 is 23.1 Å². The zero-order valence-corrected chi connectivity index (χ0v) is 21.3. The maximum absolute atomic E-state index is 12.0. The van der Waals surface area contributed by atoms with E-state index in [9.17, 15) is 20.0 Å². The lowest BCUT2D eigenvalue weighted by Crippen LogP contribution is -2.47. The maximum atomic E-state index is 12.0. The van der Waals surface area contributed by atoms with Gasteiger partial charge in [-0.3, -0.25) is 15.0 Å². The highest BCUT2D eigenvalue weighted by atomic mass is 32.2. The summed E-state index contributed by atoms with van der Waals surface area (Å²) in [5.41, 5.74) is 0.583. The Hall–Kier alpha value is -3.12. The highest BCUT2D eigenvalue weighted by molar-refractivity contribution is 8.00. The lowest BCUT2D eigenvalue weighted by atomic mass is 9.90. The van der Waals surface area contributed by atoms with E-state index in [1.807, 2.05) is 0 Å². The molecule has 0 bridgehead atoms. The van der Waals surface area contributed by atoms with Crippen LogP contribution in [0.4, 0.5) is 15.6 Å². The molecule has 2 unspecified atom stereocenters. The number of nitrogens with zero attached hydrogens (tertiary/aromatic N) is 4. The van der Waals surface area contributed by atoms with Crippen LogP contribution in [-0.4, -0.2) is 43.6 Å². The lowest BCUT2D eigenvalue weighted by molar-refractivity contribution is -0.384. The first-order valence-corrected chi connectivity index (χ1v) is 13.0. The molecule has 2 aromatic heterocycles. The quantitative estimate of drug-likeness (QED) is 0.222. The van der Waals surface area contributed by atoms with Crippen LogP contribution in [0, 0.1) is 10.1 Å². The number of anilines is 1. The highest BCUT2D eigenvalue weighted by Gasteiger charge is 2.36. The molecule has 2 atom stereocenters. The maximum Gasteiger partial charge on any atom is 0.407 e. The van der Waals surface area contributed by atoms with Crippen molar-refractivity contribution in [1.82, 2.24) is 14.9 Å². The van der Waals surface area contributed by atoms with Gasteiger partial charge in [-0.2, -0.15) is 0 Å². The number of carbonyl (C=O) groups is 1. The molecule has 2 N–H and O–H groups in total. The van der Waals surface area contributed by atoms with E-state index in [2.05, 4.69) is 36.1 Å². The number of thioether (sulfide) groups is 1. The van der Waals surface area contributed by atoms with E-state index in [1.165, 1.54) is 28.4 Å². The molecule has 1 saturated heterocycles. The van der Waals surface area contributed by atoms with Gasteiger partial charge in [-0.1, -0.05) is 44.2 Å². The molecule has 4 rings (SSSR count). The fourth-order valence-electron chi connectivity index (χ4n) is 3.97. The molecular formula is C23H27N5O5S2. The number of piperidine rings is 1. The summed E-state index contributed by atoms with van der Waals surface area (Å²) in [5.74, 6) is 2.09. The first-order chi connectivity index (χ1) is 16.6. The Morgan fingerprint density at radius 2 is 2.06 bits per heavy atom. The molecule has 0 aliphatic carbocycles.